The average molecular weight is 304 g/mol. The van der Waals surface area contributed by atoms with Crippen molar-refractivity contribution in [3.05, 3.63) is 73.8 Å². The molecule has 2 rings (SSSR count). The molecule has 2 aromatic carbocycles. The van der Waals surface area contributed by atoms with Crippen molar-refractivity contribution in [2.75, 3.05) is 0 Å². The molecule has 0 heterocycles. The van der Waals surface area contributed by atoms with Crippen molar-refractivity contribution in [1.82, 2.24) is 0 Å². The second-order valence-electron chi connectivity index (χ2n) is 4.38. The Kier molecular flexibility index (Phi) is 4.54. The highest BCUT2D eigenvalue weighted by Crippen LogP contribution is 2.34. The van der Waals surface area contributed by atoms with E-state index in [4.69, 9.17) is 0 Å². The third kappa shape index (κ3) is 3.57. The molecule has 0 saturated carbocycles. The summed E-state index contributed by atoms with van der Waals surface area (Å²) in [6.45, 7) is 1.39. The Hall–Kier alpha value is -2.41. The van der Waals surface area contributed by atoms with E-state index in [1.165, 1.54) is 30.8 Å². The fourth-order valence-corrected chi connectivity index (χ4v) is 2.78. The van der Waals surface area contributed by atoms with Gasteiger partial charge in [-0.15, -0.1) is 11.8 Å². The molecule has 0 spiro atoms. The van der Waals surface area contributed by atoms with Crippen molar-refractivity contribution in [3.63, 3.8) is 0 Å². The smallest absolute Gasteiger partial charge is 0.258 e. The maximum Gasteiger partial charge on any atom is 0.280 e. The summed E-state index contributed by atoms with van der Waals surface area (Å²) in [4.78, 5) is 21.3. The summed E-state index contributed by atoms with van der Waals surface area (Å²) in [5, 5.41) is 22.0. The normalized spacial score (nSPS) is 10.3. The zero-order valence-corrected chi connectivity index (χ0v) is 12.0. The van der Waals surface area contributed by atoms with Crippen LogP contribution >= 0.6 is 11.8 Å². The predicted octanol–water partition coefficient (Wildman–Crippen LogP) is 4.10. The number of nitrogens with zero attached hydrogens (tertiary/aromatic N) is 2. The van der Waals surface area contributed by atoms with E-state index in [-0.39, 0.29) is 16.9 Å². The fourth-order valence-electron chi connectivity index (χ4n) is 1.86. The van der Waals surface area contributed by atoms with Crippen molar-refractivity contribution in [2.45, 2.75) is 17.6 Å². The molecule has 6 nitrogen and oxygen atoms in total. The van der Waals surface area contributed by atoms with Gasteiger partial charge in [-0.3, -0.25) is 20.2 Å². The summed E-state index contributed by atoms with van der Waals surface area (Å²) in [6.07, 6.45) is 0. The molecule has 0 unspecified atom stereocenters. The van der Waals surface area contributed by atoms with Crippen LogP contribution in [0.2, 0.25) is 0 Å². The van der Waals surface area contributed by atoms with E-state index in [2.05, 4.69) is 0 Å². The number of rotatable bonds is 5. The van der Waals surface area contributed by atoms with Crippen LogP contribution < -0.4 is 0 Å². The fraction of sp³-hybridized carbons (Fsp3) is 0.143. The lowest BCUT2D eigenvalue weighted by atomic mass is 10.1. The molecule has 108 valence electrons. The highest BCUT2D eigenvalue weighted by atomic mass is 32.2. The molecule has 0 radical (unpaired) electrons. The number of nitro groups is 2. The lowest BCUT2D eigenvalue weighted by Gasteiger charge is -2.05. The van der Waals surface area contributed by atoms with Gasteiger partial charge in [0.25, 0.3) is 11.4 Å². The van der Waals surface area contributed by atoms with Gasteiger partial charge in [-0.05, 0) is 12.5 Å². The Morgan fingerprint density at radius 1 is 1.00 bits per heavy atom. The van der Waals surface area contributed by atoms with Crippen LogP contribution in [0.25, 0.3) is 0 Å². The van der Waals surface area contributed by atoms with Crippen molar-refractivity contribution < 1.29 is 9.85 Å². The lowest BCUT2D eigenvalue weighted by Crippen LogP contribution is -1.98. The Balaban J connectivity index is 2.31. The molecule has 0 aliphatic rings. The molecule has 0 saturated heterocycles. The van der Waals surface area contributed by atoms with Crippen LogP contribution in [0, 0.1) is 27.2 Å². The Morgan fingerprint density at radius 3 is 2.00 bits per heavy atom. The molecule has 0 aliphatic carbocycles. The minimum absolute atomic E-state index is 0.0778. The van der Waals surface area contributed by atoms with Gasteiger partial charge in [0.2, 0.25) is 0 Å². The molecule has 0 amide bonds. The quantitative estimate of drug-likeness (QED) is 0.471. The largest absolute Gasteiger partial charge is 0.280 e. The lowest BCUT2D eigenvalue weighted by molar-refractivity contribution is -0.395. The van der Waals surface area contributed by atoms with E-state index < -0.39 is 9.85 Å². The van der Waals surface area contributed by atoms with E-state index in [9.17, 15) is 20.2 Å². The van der Waals surface area contributed by atoms with Crippen LogP contribution in [-0.4, -0.2) is 9.85 Å². The molecule has 0 aromatic heterocycles. The third-order valence-corrected chi connectivity index (χ3v) is 4.01. The zero-order valence-electron chi connectivity index (χ0n) is 11.2. The standard InChI is InChI=1S/C14H12N2O4S/c1-10-13(15(17)18)7-12(8-14(10)16(19)20)21-9-11-5-3-2-4-6-11/h2-8H,9H2,1H3. The van der Waals surface area contributed by atoms with Gasteiger partial charge < -0.3 is 0 Å². The van der Waals surface area contributed by atoms with Crippen LogP contribution in [0.15, 0.2) is 47.4 Å². The number of thioether (sulfide) groups is 1. The van der Waals surface area contributed by atoms with Crippen molar-refractivity contribution in [3.8, 4) is 0 Å². The Bertz CT molecular complexity index is 654. The van der Waals surface area contributed by atoms with Crippen molar-refractivity contribution in [2.24, 2.45) is 0 Å². The molecule has 0 bridgehead atoms. The van der Waals surface area contributed by atoms with E-state index in [0.717, 1.165) is 5.56 Å². The number of nitro benzene ring substituents is 2. The molecule has 0 aliphatic heterocycles. The highest BCUT2D eigenvalue weighted by molar-refractivity contribution is 7.98. The van der Waals surface area contributed by atoms with Crippen LogP contribution in [0.5, 0.6) is 0 Å². The summed E-state index contributed by atoms with van der Waals surface area (Å²) in [7, 11) is 0. The van der Waals surface area contributed by atoms with Gasteiger partial charge in [0.15, 0.2) is 0 Å². The Labute approximate surface area is 125 Å². The third-order valence-electron chi connectivity index (χ3n) is 2.97. The first-order valence-corrected chi connectivity index (χ1v) is 7.07. The van der Waals surface area contributed by atoms with Crippen LogP contribution in [-0.2, 0) is 5.75 Å². The molecule has 0 fully saturated rings. The first kappa shape index (κ1) is 15.0. The van der Waals surface area contributed by atoms with Gasteiger partial charge in [0.1, 0.15) is 5.56 Å². The van der Waals surface area contributed by atoms with E-state index in [1.807, 2.05) is 30.3 Å². The van der Waals surface area contributed by atoms with E-state index in [0.29, 0.717) is 10.6 Å². The average Bonchev–Trinajstić information content (AvgIpc) is 2.46. The van der Waals surface area contributed by atoms with Gasteiger partial charge in [-0.25, -0.2) is 0 Å². The summed E-state index contributed by atoms with van der Waals surface area (Å²) in [5.41, 5.74) is 0.682. The maximum atomic E-state index is 11.0. The van der Waals surface area contributed by atoms with E-state index in [1.54, 1.807) is 0 Å². The van der Waals surface area contributed by atoms with Crippen LogP contribution in [0.4, 0.5) is 11.4 Å². The monoisotopic (exact) mass is 304 g/mol. The summed E-state index contributed by atoms with van der Waals surface area (Å²) >= 11 is 1.34. The Morgan fingerprint density at radius 2 is 1.52 bits per heavy atom. The van der Waals surface area contributed by atoms with Gasteiger partial charge in [0, 0.05) is 22.8 Å². The second kappa shape index (κ2) is 6.36. The minimum atomic E-state index is -0.588. The molecular weight excluding hydrogens is 292 g/mol. The number of hydrogen-bond acceptors (Lipinski definition) is 5. The predicted molar refractivity (Wildman–Crippen MR) is 80.5 cm³/mol. The first-order valence-electron chi connectivity index (χ1n) is 6.09. The van der Waals surface area contributed by atoms with Crippen molar-refractivity contribution >= 4 is 23.1 Å². The van der Waals surface area contributed by atoms with Crippen LogP contribution in [0.1, 0.15) is 11.1 Å². The van der Waals surface area contributed by atoms with Gasteiger partial charge in [-0.2, -0.15) is 0 Å². The van der Waals surface area contributed by atoms with Gasteiger partial charge in [0.05, 0.1) is 9.85 Å². The first-order chi connectivity index (χ1) is 9.99. The van der Waals surface area contributed by atoms with Gasteiger partial charge >= 0.3 is 0 Å². The van der Waals surface area contributed by atoms with Crippen LogP contribution in [0.3, 0.4) is 0 Å². The highest BCUT2D eigenvalue weighted by Gasteiger charge is 2.23. The second-order valence-corrected chi connectivity index (χ2v) is 5.42. The number of benzene rings is 2. The van der Waals surface area contributed by atoms with Gasteiger partial charge in [-0.1, -0.05) is 30.3 Å². The summed E-state index contributed by atoms with van der Waals surface area (Å²) < 4.78 is 0. The zero-order chi connectivity index (χ0) is 15.4. The summed E-state index contributed by atoms with van der Waals surface area (Å²) in [5.74, 6) is 0.595. The van der Waals surface area contributed by atoms with E-state index >= 15 is 0 Å². The molecule has 2 aromatic rings. The SMILES string of the molecule is Cc1c([N+](=O)[O-])cc(SCc2ccccc2)cc1[N+](=O)[O-]. The molecule has 0 N–H and O–H groups in total. The topological polar surface area (TPSA) is 86.3 Å². The molecule has 0 atom stereocenters. The molecule has 21 heavy (non-hydrogen) atoms. The number of hydrogen-bond donors (Lipinski definition) is 0. The minimum Gasteiger partial charge on any atom is -0.258 e. The van der Waals surface area contributed by atoms with Crippen molar-refractivity contribution in [1.29, 1.82) is 0 Å². The summed E-state index contributed by atoms with van der Waals surface area (Å²) in [6, 6.07) is 12.3. The molecule has 7 heteroatoms. The maximum absolute atomic E-state index is 11.0. The molecular formula is C14H12N2O4S.